The van der Waals surface area contributed by atoms with E-state index in [1.165, 1.54) is 16.0 Å². The number of fused-ring (bicyclic) bond motifs is 2. The van der Waals surface area contributed by atoms with E-state index >= 15 is 0 Å². The highest BCUT2D eigenvalue weighted by Crippen LogP contribution is 2.15. The van der Waals surface area contributed by atoms with Crippen LogP contribution in [-0.2, 0) is 0 Å². The SMILES string of the molecule is C=c1cc2c(cc1C)=c1ccccc1=N2. The van der Waals surface area contributed by atoms with Crippen LogP contribution in [0.5, 0.6) is 0 Å². The van der Waals surface area contributed by atoms with Crippen molar-refractivity contribution in [1.29, 1.82) is 0 Å². The van der Waals surface area contributed by atoms with E-state index in [1.807, 2.05) is 12.1 Å². The number of rotatable bonds is 0. The van der Waals surface area contributed by atoms with Crippen LogP contribution in [0.15, 0.2) is 41.4 Å². The first-order chi connectivity index (χ1) is 7.25. The van der Waals surface area contributed by atoms with Gasteiger partial charge in [-0.1, -0.05) is 24.8 Å². The summed E-state index contributed by atoms with van der Waals surface area (Å²) in [7, 11) is 0. The van der Waals surface area contributed by atoms with Gasteiger partial charge < -0.3 is 0 Å². The van der Waals surface area contributed by atoms with Gasteiger partial charge in [-0.15, -0.1) is 0 Å². The second-order valence-corrected chi connectivity index (χ2v) is 3.92. The van der Waals surface area contributed by atoms with E-state index in [9.17, 15) is 0 Å². The van der Waals surface area contributed by atoms with Crippen molar-refractivity contribution in [1.82, 2.24) is 0 Å². The Labute approximate surface area is 87.7 Å². The number of nitrogens with zero attached hydrogens (tertiary/aromatic N) is 1. The monoisotopic (exact) mass is 193 g/mol. The van der Waals surface area contributed by atoms with Gasteiger partial charge in [-0.2, -0.15) is 0 Å². The molecule has 0 atom stereocenters. The summed E-state index contributed by atoms with van der Waals surface area (Å²) in [6, 6.07) is 12.5. The molecule has 1 aliphatic rings. The molecule has 0 saturated heterocycles. The lowest BCUT2D eigenvalue weighted by molar-refractivity contribution is 1.35. The maximum Gasteiger partial charge on any atom is 0.0722 e. The fourth-order valence-corrected chi connectivity index (χ4v) is 1.98. The Bertz CT molecular complexity index is 742. The molecule has 0 N–H and O–H groups in total. The quantitative estimate of drug-likeness (QED) is 0.517. The van der Waals surface area contributed by atoms with Crippen LogP contribution in [0.25, 0.3) is 6.58 Å². The zero-order valence-electron chi connectivity index (χ0n) is 8.62. The minimum absolute atomic E-state index is 1.05. The minimum Gasteiger partial charge on any atom is -0.248 e. The van der Waals surface area contributed by atoms with Crippen LogP contribution in [0.4, 0.5) is 5.69 Å². The molecule has 0 radical (unpaired) electrons. The van der Waals surface area contributed by atoms with Crippen molar-refractivity contribution in [2.75, 3.05) is 0 Å². The summed E-state index contributed by atoms with van der Waals surface area (Å²) >= 11 is 0. The number of hydrogen-bond donors (Lipinski definition) is 0. The summed E-state index contributed by atoms with van der Waals surface area (Å²) in [5, 5.41) is 4.59. The number of benzene rings is 2. The zero-order valence-corrected chi connectivity index (χ0v) is 8.62. The van der Waals surface area contributed by atoms with Crippen LogP contribution in [-0.4, -0.2) is 0 Å². The summed E-state index contributed by atoms with van der Waals surface area (Å²) in [4.78, 5) is 4.58. The van der Waals surface area contributed by atoms with Crippen molar-refractivity contribution < 1.29 is 0 Å². The molecule has 0 unspecified atom stereocenters. The number of para-hydroxylation sites is 1. The van der Waals surface area contributed by atoms with Gasteiger partial charge in [0, 0.05) is 10.4 Å². The van der Waals surface area contributed by atoms with Crippen LogP contribution in [0.3, 0.4) is 0 Å². The van der Waals surface area contributed by atoms with E-state index in [-0.39, 0.29) is 0 Å². The first-order valence-electron chi connectivity index (χ1n) is 5.03. The van der Waals surface area contributed by atoms with Gasteiger partial charge in [0.25, 0.3) is 0 Å². The third-order valence-corrected chi connectivity index (χ3v) is 2.89. The molecule has 72 valence electrons. The second-order valence-electron chi connectivity index (χ2n) is 3.92. The van der Waals surface area contributed by atoms with Gasteiger partial charge in [0.05, 0.1) is 11.0 Å². The van der Waals surface area contributed by atoms with Gasteiger partial charge in [0.15, 0.2) is 0 Å². The van der Waals surface area contributed by atoms with Crippen LogP contribution in [0.2, 0.25) is 0 Å². The van der Waals surface area contributed by atoms with E-state index in [4.69, 9.17) is 0 Å². The highest BCUT2D eigenvalue weighted by molar-refractivity contribution is 5.46. The first kappa shape index (κ1) is 8.42. The standard InChI is InChI=1S/C14H11N/c1-9-7-12-11-5-3-4-6-13(11)15-14(12)8-10(9)2/h3-8H,2H2,1H3. The maximum atomic E-state index is 4.58. The van der Waals surface area contributed by atoms with Crippen molar-refractivity contribution in [2.24, 2.45) is 4.99 Å². The Kier molecular flexibility index (Phi) is 1.57. The van der Waals surface area contributed by atoms with E-state index in [0.29, 0.717) is 0 Å². The topological polar surface area (TPSA) is 12.4 Å². The third kappa shape index (κ3) is 1.13. The lowest BCUT2D eigenvalue weighted by Gasteiger charge is -1.95. The molecule has 0 fully saturated rings. The molecule has 3 rings (SSSR count). The van der Waals surface area contributed by atoms with Crippen LogP contribution in [0.1, 0.15) is 5.56 Å². The van der Waals surface area contributed by atoms with Crippen molar-refractivity contribution in [3.8, 4) is 0 Å². The van der Waals surface area contributed by atoms with Gasteiger partial charge in [0.2, 0.25) is 0 Å². The van der Waals surface area contributed by atoms with E-state index in [2.05, 4.69) is 42.8 Å². The third-order valence-electron chi connectivity index (χ3n) is 2.89. The van der Waals surface area contributed by atoms with Crippen molar-refractivity contribution in [2.45, 2.75) is 6.92 Å². The largest absolute Gasteiger partial charge is 0.248 e. The summed E-state index contributed by atoms with van der Waals surface area (Å²) < 4.78 is 0. The van der Waals surface area contributed by atoms with Crippen LogP contribution >= 0.6 is 0 Å². The average Bonchev–Trinajstić information content (AvgIpc) is 2.57. The van der Waals surface area contributed by atoms with Crippen molar-refractivity contribution >= 4 is 12.3 Å². The normalized spacial score (nSPS) is 11.8. The first-order valence-corrected chi connectivity index (χ1v) is 5.03. The van der Waals surface area contributed by atoms with Gasteiger partial charge >= 0.3 is 0 Å². The molecule has 1 nitrogen and oxygen atoms in total. The second kappa shape index (κ2) is 2.80. The van der Waals surface area contributed by atoms with Gasteiger partial charge in [0.1, 0.15) is 0 Å². The predicted molar refractivity (Wildman–Crippen MR) is 61.3 cm³/mol. The molecule has 1 heterocycles. The van der Waals surface area contributed by atoms with Gasteiger partial charge in [-0.3, -0.25) is 0 Å². The Balaban J connectivity index is 2.65. The lowest BCUT2D eigenvalue weighted by atomic mass is 10.1. The smallest absolute Gasteiger partial charge is 0.0722 e. The fourth-order valence-electron chi connectivity index (χ4n) is 1.98. The zero-order chi connectivity index (χ0) is 10.4. The lowest BCUT2D eigenvalue weighted by Crippen LogP contribution is -2.00. The van der Waals surface area contributed by atoms with Crippen LogP contribution in [0, 0.1) is 17.4 Å². The molecular formula is C14H11N. The number of aryl methyl sites for hydroxylation is 1. The Hall–Kier alpha value is -1.89. The Morgan fingerprint density at radius 1 is 1.07 bits per heavy atom. The van der Waals surface area contributed by atoms with E-state index in [1.54, 1.807) is 0 Å². The fraction of sp³-hybridized carbons (Fsp3) is 0.0714. The number of hydrogen-bond acceptors (Lipinski definition) is 1. The molecule has 2 aromatic carbocycles. The van der Waals surface area contributed by atoms with E-state index in [0.717, 1.165) is 16.3 Å². The van der Waals surface area contributed by atoms with Crippen molar-refractivity contribution in [3.05, 3.63) is 63.0 Å². The Morgan fingerprint density at radius 2 is 1.87 bits per heavy atom. The van der Waals surface area contributed by atoms with E-state index < -0.39 is 0 Å². The Morgan fingerprint density at radius 3 is 2.73 bits per heavy atom. The average molecular weight is 193 g/mol. The molecule has 0 amide bonds. The summed E-state index contributed by atoms with van der Waals surface area (Å²) in [5.41, 5.74) is 2.27. The van der Waals surface area contributed by atoms with Crippen molar-refractivity contribution in [3.63, 3.8) is 0 Å². The van der Waals surface area contributed by atoms with Crippen LogP contribution < -0.4 is 10.6 Å². The summed E-state index contributed by atoms with van der Waals surface area (Å²) in [5.74, 6) is 0. The molecule has 1 aliphatic heterocycles. The van der Waals surface area contributed by atoms with Gasteiger partial charge in [-0.25, -0.2) is 4.99 Å². The molecular weight excluding hydrogens is 182 g/mol. The molecule has 2 aromatic rings. The molecule has 1 heteroatoms. The molecule has 0 saturated carbocycles. The summed E-state index contributed by atoms with van der Waals surface area (Å²) in [6.07, 6.45) is 0. The molecule has 15 heavy (non-hydrogen) atoms. The highest BCUT2D eigenvalue weighted by Gasteiger charge is 2.03. The predicted octanol–water partition coefficient (Wildman–Crippen LogP) is 1.96. The highest BCUT2D eigenvalue weighted by atomic mass is 14.7. The molecule has 0 aromatic heterocycles. The molecule has 0 bridgehead atoms. The van der Waals surface area contributed by atoms with Gasteiger partial charge in [-0.05, 0) is 35.9 Å². The summed E-state index contributed by atoms with van der Waals surface area (Å²) in [6.45, 7) is 6.09. The minimum atomic E-state index is 1.05. The molecule has 0 aliphatic carbocycles. The molecule has 0 spiro atoms. The maximum absolute atomic E-state index is 4.58.